The third-order valence-corrected chi connectivity index (χ3v) is 6.35. The van der Waals surface area contributed by atoms with E-state index in [4.69, 9.17) is 0 Å². The molecule has 0 bridgehead atoms. The maximum absolute atomic E-state index is 12.5. The number of hydrogen-bond donors (Lipinski definition) is 1. The zero-order valence-corrected chi connectivity index (χ0v) is 19.8. The molecule has 4 rings (SSSR count). The molecule has 33 heavy (non-hydrogen) atoms. The van der Waals surface area contributed by atoms with Crippen LogP contribution in [0.2, 0.25) is 0 Å². The van der Waals surface area contributed by atoms with Crippen molar-refractivity contribution < 1.29 is 14.5 Å². The fourth-order valence-corrected chi connectivity index (χ4v) is 4.45. The minimum absolute atomic E-state index is 0.102. The van der Waals surface area contributed by atoms with Gasteiger partial charge < -0.3 is 10.2 Å². The lowest BCUT2D eigenvalue weighted by Gasteiger charge is -2.17. The lowest BCUT2D eigenvalue weighted by Crippen LogP contribution is -2.38. The van der Waals surface area contributed by atoms with E-state index in [1.807, 2.05) is 34.0 Å². The first-order chi connectivity index (χ1) is 15.8. The first-order valence-electron chi connectivity index (χ1n) is 9.80. The lowest BCUT2D eigenvalue weighted by atomic mass is 10.2. The van der Waals surface area contributed by atoms with Crippen LogP contribution in [0.25, 0.3) is 16.2 Å². The summed E-state index contributed by atoms with van der Waals surface area (Å²) in [5.41, 5.74) is 3.00. The summed E-state index contributed by atoms with van der Waals surface area (Å²) < 4.78 is 2.99. The van der Waals surface area contributed by atoms with Crippen LogP contribution in [0.4, 0.5) is 5.69 Å². The summed E-state index contributed by atoms with van der Waals surface area (Å²) in [7, 11) is 1.50. The number of thiazole rings is 1. The van der Waals surface area contributed by atoms with E-state index >= 15 is 0 Å². The van der Waals surface area contributed by atoms with Crippen LogP contribution in [0, 0.1) is 10.1 Å². The average molecular weight is 528 g/mol. The Morgan fingerprint density at radius 3 is 2.55 bits per heavy atom. The highest BCUT2D eigenvalue weighted by molar-refractivity contribution is 9.10. The Morgan fingerprint density at radius 2 is 1.88 bits per heavy atom. The molecular weight excluding hydrogens is 510 g/mol. The molecule has 2 heterocycles. The van der Waals surface area contributed by atoms with Gasteiger partial charge in [0, 0.05) is 34.6 Å². The van der Waals surface area contributed by atoms with Crippen molar-refractivity contribution in [2.75, 3.05) is 13.6 Å². The average Bonchev–Trinajstić information content (AvgIpc) is 3.40. The number of amides is 2. The Hall–Kier alpha value is -3.57. The first-order valence-corrected chi connectivity index (χ1v) is 11.5. The molecule has 0 fully saturated rings. The minimum atomic E-state index is -0.533. The van der Waals surface area contributed by atoms with E-state index in [2.05, 4.69) is 26.2 Å². The number of nitrogens with zero attached hydrogens (tertiary/aromatic N) is 4. The van der Waals surface area contributed by atoms with Crippen molar-refractivity contribution in [1.82, 2.24) is 19.6 Å². The van der Waals surface area contributed by atoms with Crippen LogP contribution in [0.15, 0.2) is 64.6 Å². The third kappa shape index (κ3) is 4.94. The quantitative estimate of drug-likeness (QED) is 0.287. The number of imidazole rings is 1. The van der Waals surface area contributed by atoms with Crippen molar-refractivity contribution in [3.8, 4) is 11.3 Å². The van der Waals surface area contributed by atoms with Crippen molar-refractivity contribution in [3.05, 3.63) is 86.0 Å². The molecule has 9 nitrogen and oxygen atoms in total. The molecule has 168 valence electrons. The number of nitro benzene ring substituents is 1. The predicted molar refractivity (Wildman–Crippen MR) is 128 cm³/mol. The monoisotopic (exact) mass is 527 g/mol. The maximum atomic E-state index is 12.5. The van der Waals surface area contributed by atoms with Crippen molar-refractivity contribution in [2.24, 2.45) is 0 Å². The van der Waals surface area contributed by atoms with Crippen molar-refractivity contribution in [1.29, 1.82) is 0 Å². The lowest BCUT2D eigenvalue weighted by molar-refractivity contribution is -0.384. The molecule has 0 aliphatic heterocycles. The maximum Gasteiger partial charge on any atom is 0.269 e. The summed E-state index contributed by atoms with van der Waals surface area (Å²) >= 11 is 4.96. The molecule has 0 radical (unpaired) electrons. The van der Waals surface area contributed by atoms with Crippen LogP contribution in [0.5, 0.6) is 0 Å². The molecular formula is C22H18BrN5O4S. The summed E-state index contributed by atoms with van der Waals surface area (Å²) in [6.45, 7) is 0.0980. The summed E-state index contributed by atoms with van der Waals surface area (Å²) in [5.74, 6) is -0.731. The Morgan fingerprint density at radius 1 is 1.18 bits per heavy atom. The molecule has 2 amide bonds. The molecule has 2 aromatic heterocycles. The van der Waals surface area contributed by atoms with E-state index in [-0.39, 0.29) is 30.2 Å². The van der Waals surface area contributed by atoms with Crippen LogP contribution in [0.1, 0.15) is 16.1 Å². The number of carbonyl (C=O) groups is 2. The number of carbonyl (C=O) groups excluding carboxylic acids is 2. The normalized spacial score (nSPS) is 10.8. The highest BCUT2D eigenvalue weighted by Gasteiger charge is 2.17. The van der Waals surface area contributed by atoms with Gasteiger partial charge in [0.15, 0.2) is 4.96 Å². The summed E-state index contributed by atoms with van der Waals surface area (Å²) in [6.07, 6.45) is 1.72. The van der Waals surface area contributed by atoms with Gasteiger partial charge in [0.1, 0.15) is 0 Å². The number of halogens is 1. The Bertz CT molecular complexity index is 1330. The second kappa shape index (κ2) is 9.51. The van der Waals surface area contributed by atoms with Crippen molar-refractivity contribution in [2.45, 2.75) is 6.54 Å². The molecule has 2 aromatic carbocycles. The Balaban J connectivity index is 1.40. The topological polar surface area (TPSA) is 110 Å². The minimum Gasteiger partial charge on any atom is -0.349 e. The van der Waals surface area contributed by atoms with Crippen LogP contribution < -0.4 is 5.32 Å². The van der Waals surface area contributed by atoms with Gasteiger partial charge in [-0.3, -0.25) is 24.1 Å². The second-order valence-electron chi connectivity index (χ2n) is 7.24. The fourth-order valence-electron chi connectivity index (χ4n) is 3.29. The van der Waals surface area contributed by atoms with E-state index in [0.29, 0.717) is 0 Å². The molecule has 0 saturated heterocycles. The molecule has 11 heteroatoms. The van der Waals surface area contributed by atoms with Gasteiger partial charge in [0.05, 0.1) is 35.6 Å². The van der Waals surface area contributed by atoms with E-state index in [1.54, 1.807) is 6.20 Å². The number of aromatic nitrogens is 2. The number of likely N-dealkylation sites (N-methyl/N-ethyl adjacent to an activating group) is 1. The molecule has 0 spiro atoms. The number of rotatable bonds is 7. The Kier molecular flexibility index (Phi) is 6.52. The number of benzene rings is 2. The largest absolute Gasteiger partial charge is 0.349 e. The fraction of sp³-hybridized carbons (Fsp3) is 0.136. The van der Waals surface area contributed by atoms with Crippen LogP contribution >= 0.6 is 27.3 Å². The molecule has 0 atom stereocenters. The van der Waals surface area contributed by atoms with Crippen LogP contribution in [-0.2, 0) is 11.3 Å². The van der Waals surface area contributed by atoms with E-state index < -0.39 is 10.8 Å². The smallest absolute Gasteiger partial charge is 0.269 e. The second-order valence-corrected chi connectivity index (χ2v) is 8.99. The van der Waals surface area contributed by atoms with Gasteiger partial charge in [0.25, 0.3) is 11.6 Å². The highest BCUT2D eigenvalue weighted by atomic mass is 79.9. The first kappa shape index (κ1) is 22.6. The molecule has 0 unspecified atom stereocenters. The van der Waals surface area contributed by atoms with Gasteiger partial charge in [-0.2, -0.15) is 0 Å². The number of fused-ring (bicyclic) bond motifs is 1. The van der Waals surface area contributed by atoms with Crippen LogP contribution in [0.3, 0.4) is 0 Å². The molecule has 0 aliphatic carbocycles. The SMILES string of the molecule is CN(CC(=O)NCc1cnc2scc(-c3ccc(Br)cc3)n12)C(=O)c1ccc([N+](=O)[O-])cc1. The third-order valence-electron chi connectivity index (χ3n) is 4.98. The van der Waals surface area contributed by atoms with Gasteiger partial charge >= 0.3 is 0 Å². The number of non-ortho nitro benzene ring substituents is 1. The van der Waals surface area contributed by atoms with E-state index in [0.717, 1.165) is 26.4 Å². The van der Waals surface area contributed by atoms with Gasteiger partial charge in [-0.15, -0.1) is 11.3 Å². The highest BCUT2D eigenvalue weighted by Crippen LogP contribution is 2.28. The molecule has 0 saturated carbocycles. The number of nitro groups is 1. The van der Waals surface area contributed by atoms with Crippen molar-refractivity contribution >= 4 is 49.7 Å². The zero-order valence-electron chi connectivity index (χ0n) is 17.4. The van der Waals surface area contributed by atoms with Gasteiger partial charge in [0.2, 0.25) is 5.91 Å². The predicted octanol–water partition coefficient (Wildman–Crippen LogP) is 4.12. The molecule has 0 aliphatic rings. The van der Waals surface area contributed by atoms with E-state index in [9.17, 15) is 19.7 Å². The van der Waals surface area contributed by atoms with Gasteiger partial charge in [-0.1, -0.05) is 28.1 Å². The summed E-state index contributed by atoms with van der Waals surface area (Å²) in [4.78, 5) is 41.7. The standard InChI is InChI=1S/C22H18BrN5O4S/c1-26(21(30)15-4-8-17(9-5-15)28(31)32)12-20(29)24-10-18-11-25-22-27(18)19(13-33-22)14-2-6-16(23)7-3-14/h2-9,11,13H,10,12H2,1H3,(H,24,29). The summed E-state index contributed by atoms with van der Waals surface area (Å²) in [6, 6.07) is 13.2. The summed E-state index contributed by atoms with van der Waals surface area (Å²) in [5, 5.41) is 15.6. The Labute approximate surface area is 201 Å². The van der Waals surface area contributed by atoms with Gasteiger partial charge in [-0.05, 0) is 29.8 Å². The van der Waals surface area contributed by atoms with Crippen molar-refractivity contribution in [3.63, 3.8) is 0 Å². The number of hydrogen-bond acceptors (Lipinski definition) is 6. The number of nitrogens with one attached hydrogen (secondary N) is 1. The van der Waals surface area contributed by atoms with E-state index in [1.165, 1.54) is 47.5 Å². The molecule has 1 N–H and O–H groups in total. The van der Waals surface area contributed by atoms with Gasteiger partial charge in [-0.25, -0.2) is 4.98 Å². The zero-order chi connectivity index (χ0) is 23.5. The molecule has 4 aromatic rings. The van der Waals surface area contributed by atoms with Crippen LogP contribution in [-0.4, -0.2) is 44.6 Å².